The van der Waals surface area contributed by atoms with E-state index >= 15 is 0 Å². The van der Waals surface area contributed by atoms with E-state index in [2.05, 4.69) is 72.7 Å². The predicted molar refractivity (Wildman–Crippen MR) is 87.7 cm³/mol. The number of aryl methyl sites for hydroxylation is 1. The molecule has 1 N–H and O–H groups in total. The van der Waals surface area contributed by atoms with Crippen molar-refractivity contribution in [1.82, 2.24) is 4.98 Å². The summed E-state index contributed by atoms with van der Waals surface area (Å²) in [4.78, 5) is 4.63. The summed E-state index contributed by atoms with van der Waals surface area (Å²) in [5.74, 6) is 0.477. The maximum Gasteiger partial charge on any atom is 0.183 e. The maximum atomic E-state index is 4.63. The highest BCUT2D eigenvalue weighted by Crippen LogP contribution is 2.27. The summed E-state index contributed by atoms with van der Waals surface area (Å²) >= 11 is 1.73. The largest absolute Gasteiger partial charge is 0.361 e. The number of anilines is 1. The molecule has 3 heteroatoms. The Morgan fingerprint density at radius 3 is 2.75 bits per heavy atom. The van der Waals surface area contributed by atoms with Gasteiger partial charge < -0.3 is 5.32 Å². The maximum absolute atomic E-state index is 4.63. The minimum absolute atomic E-state index is 0.477. The minimum Gasteiger partial charge on any atom is -0.361 e. The van der Waals surface area contributed by atoms with Crippen molar-refractivity contribution in [1.29, 1.82) is 0 Å². The molecule has 0 saturated heterocycles. The van der Waals surface area contributed by atoms with Crippen LogP contribution in [-0.4, -0.2) is 11.5 Å². The fourth-order valence-corrected chi connectivity index (χ4v) is 3.22. The average Bonchev–Trinajstić information content (AvgIpc) is 2.87. The fourth-order valence-electron chi connectivity index (χ4n) is 2.25. The molecule has 3 aromatic rings. The Morgan fingerprint density at radius 2 is 1.95 bits per heavy atom. The van der Waals surface area contributed by atoms with Crippen LogP contribution >= 0.6 is 11.3 Å². The Hall–Kier alpha value is -1.87. The number of hydrogen-bond donors (Lipinski definition) is 1. The molecule has 0 radical (unpaired) electrons. The monoisotopic (exact) mass is 282 g/mol. The first-order valence-corrected chi connectivity index (χ1v) is 7.70. The quantitative estimate of drug-likeness (QED) is 0.742. The van der Waals surface area contributed by atoms with Crippen molar-refractivity contribution in [3.8, 4) is 0 Å². The molecule has 1 aromatic heterocycles. The standard InChI is InChI=1S/C17H18N2S/c1-12-8-9-15-16(10-12)20-17(19-15)18-11-13(2)14-6-4-3-5-7-14/h3-10,13H,11H2,1-2H3,(H,18,19). The molecule has 20 heavy (non-hydrogen) atoms. The lowest BCUT2D eigenvalue weighted by Crippen LogP contribution is -2.09. The first-order chi connectivity index (χ1) is 9.72. The summed E-state index contributed by atoms with van der Waals surface area (Å²) in [6.45, 7) is 5.26. The fraction of sp³-hybridized carbons (Fsp3) is 0.235. The second-order valence-corrected chi connectivity index (χ2v) is 6.21. The number of nitrogens with one attached hydrogen (secondary N) is 1. The number of aromatic nitrogens is 1. The third kappa shape index (κ3) is 2.83. The van der Waals surface area contributed by atoms with E-state index in [1.54, 1.807) is 11.3 Å². The lowest BCUT2D eigenvalue weighted by molar-refractivity contribution is 0.804. The van der Waals surface area contributed by atoms with Gasteiger partial charge in [0.15, 0.2) is 5.13 Å². The molecule has 0 bridgehead atoms. The van der Waals surface area contributed by atoms with Crippen LogP contribution in [0.4, 0.5) is 5.13 Å². The zero-order valence-electron chi connectivity index (χ0n) is 11.8. The van der Waals surface area contributed by atoms with Gasteiger partial charge in [-0.1, -0.05) is 54.7 Å². The van der Waals surface area contributed by atoms with Crippen molar-refractivity contribution in [2.24, 2.45) is 0 Å². The third-order valence-corrected chi connectivity index (χ3v) is 4.45. The van der Waals surface area contributed by atoms with Crippen LogP contribution in [0.1, 0.15) is 24.0 Å². The number of thiazole rings is 1. The molecule has 3 rings (SSSR count). The number of nitrogens with zero attached hydrogens (tertiary/aromatic N) is 1. The van der Waals surface area contributed by atoms with Crippen LogP contribution in [0.2, 0.25) is 0 Å². The van der Waals surface area contributed by atoms with Gasteiger partial charge in [-0.15, -0.1) is 0 Å². The molecule has 0 aliphatic carbocycles. The molecule has 2 aromatic carbocycles. The van der Waals surface area contributed by atoms with E-state index in [-0.39, 0.29) is 0 Å². The third-order valence-electron chi connectivity index (χ3n) is 3.47. The summed E-state index contributed by atoms with van der Waals surface area (Å²) in [6.07, 6.45) is 0. The normalized spacial score (nSPS) is 12.5. The van der Waals surface area contributed by atoms with Gasteiger partial charge in [0, 0.05) is 6.54 Å². The molecule has 0 aliphatic heterocycles. The van der Waals surface area contributed by atoms with Gasteiger partial charge in [0.1, 0.15) is 0 Å². The zero-order chi connectivity index (χ0) is 13.9. The number of benzene rings is 2. The minimum atomic E-state index is 0.477. The Bertz CT molecular complexity index is 703. The highest BCUT2D eigenvalue weighted by molar-refractivity contribution is 7.22. The summed E-state index contributed by atoms with van der Waals surface area (Å²) in [6, 6.07) is 17.0. The van der Waals surface area contributed by atoms with E-state index in [4.69, 9.17) is 0 Å². The molecule has 0 amide bonds. The molecule has 1 unspecified atom stereocenters. The summed E-state index contributed by atoms with van der Waals surface area (Å²) in [5.41, 5.74) is 3.72. The van der Waals surface area contributed by atoms with E-state index in [0.717, 1.165) is 17.2 Å². The molecular weight excluding hydrogens is 264 g/mol. The first-order valence-electron chi connectivity index (χ1n) is 6.88. The Balaban J connectivity index is 1.71. The average molecular weight is 282 g/mol. The second kappa shape index (κ2) is 5.63. The molecule has 0 fully saturated rings. The smallest absolute Gasteiger partial charge is 0.183 e. The Kier molecular flexibility index (Phi) is 3.70. The van der Waals surface area contributed by atoms with E-state index in [1.807, 2.05) is 0 Å². The lowest BCUT2D eigenvalue weighted by atomic mass is 10.0. The van der Waals surface area contributed by atoms with E-state index in [9.17, 15) is 0 Å². The summed E-state index contributed by atoms with van der Waals surface area (Å²) in [7, 11) is 0. The SMILES string of the molecule is Cc1ccc2nc(NCC(C)c3ccccc3)sc2c1. The van der Waals surface area contributed by atoms with Gasteiger partial charge in [0.25, 0.3) is 0 Å². The van der Waals surface area contributed by atoms with Gasteiger partial charge in [-0.25, -0.2) is 4.98 Å². The highest BCUT2D eigenvalue weighted by atomic mass is 32.1. The van der Waals surface area contributed by atoms with Gasteiger partial charge >= 0.3 is 0 Å². The molecule has 0 saturated carbocycles. The van der Waals surface area contributed by atoms with Crippen molar-refractivity contribution < 1.29 is 0 Å². The van der Waals surface area contributed by atoms with Crippen molar-refractivity contribution in [3.63, 3.8) is 0 Å². The van der Waals surface area contributed by atoms with Gasteiger partial charge in [-0.3, -0.25) is 0 Å². The number of rotatable bonds is 4. The van der Waals surface area contributed by atoms with Crippen molar-refractivity contribution in [3.05, 3.63) is 59.7 Å². The number of hydrogen-bond acceptors (Lipinski definition) is 3. The van der Waals surface area contributed by atoms with Crippen LogP contribution < -0.4 is 5.32 Å². The molecule has 1 atom stereocenters. The lowest BCUT2D eigenvalue weighted by Gasteiger charge is -2.11. The topological polar surface area (TPSA) is 24.9 Å². The molecule has 0 aliphatic rings. The van der Waals surface area contributed by atoms with Gasteiger partial charge in [0.2, 0.25) is 0 Å². The van der Waals surface area contributed by atoms with E-state index in [1.165, 1.54) is 15.8 Å². The van der Waals surface area contributed by atoms with Crippen LogP contribution in [0.5, 0.6) is 0 Å². The predicted octanol–water partition coefficient (Wildman–Crippen LogP) is 4.82. The van der Waals surface area contributed by atoms with Crippen LogP contribution in [0.3, 0.4) is 0 Å². The van der Waals surface area contributed by atoms with Crippen molar-refractivity contribution >= 4 is 26.7 Å². The van der Waals surface area contributed by atoms with Crippen LogP contribution in [0.15, 0.2) is 48.5 Å². The summed E-state index contributed by atoms with van der Waals surface area (Å²) < 4.78 is 1.25. The van der Waals surface area contributed by atoms with Crippen molar-refractivity contribution in [2.75, 3.05) is 11.9 Å². The van der Waals surface area contributed by atoms with Crippen LogP contribution in [0.25, 0.3) is 10.2 Å². The molecule has 2 nitrogen and oxygen atoms in total. The second-order valence-electron chi connectivity index (χ2n) is 5.18. The van der Waals surface area contributed by atoms with Crippen LogP contribution in [0, 0.1) is 6.92 Å². The summed E-state index contributed by atoms with van der Waals surface area (Å²) in [5, 5.41) is 4.47. The van der Waals surface area contributed by atoms with E-state index < -0.39 is 0 Å². The van der Waals surface area contributed by atoms with Crippen molar-refractivity contribution in [2.45, 2.75) is 19.8 Å². The van der Waals surface area contributed by atoms with Crippen LogP contribution in [-0.2, 0) is 0 Å². The first kappa shape index (κ1) is 13.1. The van der Waals surface area contributed by atoms with Gasteiger partial charge in [0.05, 0.1) is 10.2 Å². The van der Waals surface area contributed by atoms with E-state index in [0.29, 0.717) is 5.92 Å². The zero-order valence-corrected chi connectivity index (χ0v) is 12.6. The molecular formula is C17H18N2S. The Labute approximate surface area is 123 Å². The number of fused-ring (bicyclic) bond motifs is 1. The highest BCUT2D eigenvalue weighted by Gasteiger charge is 2.07. The molecule has 0 spiro atoms. The molecule has 102 valence electrons. The molecule has 1 heterocycles. The van der Waals surface area contributed by atoms with Gasteiger partial charge in [-0.05, 0) is 36.1 Å². The Morgan fingerprint density at radius 1 is 1.15 bits per heavy atom. The van der Waals surface area contributed by atoms with Gasteiger partial charge in [-0.2, -0.15) is 0 Å².